The average Bonchev–Trinajstić information content (AvgIpc) is 3.26. The number of anilines is 1. The zero-order valence-electron chi connectivity index (χ0n) is 18.8. The smallest absolute Gasteiger partial charge is 0.222 e. The number of hydrogen-bond donors (Lipinski definition) is 3. The van der Waals surface area contributed by atoms with Gasteiger partial charge < -0.3 is 25.7 Å². The monoisotopic (exact) mass is 472 g/mol. The summed E-state index contributed by atoms with van der Waals surface area (Å²) in [5, 5.41) is 17.0. The highest BCUT2D eigenvalue weighted by molar-refractivity contribution is 5.99. The quantitative estimate of drug-likeness (QED) is 0.299. The molecule has 2 heterocycles. The van der Waals surface area contributed by atoms with Gasteiger partial charge in [0.2, 0.25) is 5.91 Å². The van der Waals surface area contributed by atoms with E-state index in [9.17, 15) is 9.59 Å². The Kier molecular flexibility index (Phi) is 7.44. The van der Waals surface area contributed by atoms with Gasteiger partial charge >= 0.3 is 0 Å². The molecule has 4 aromatic rings. The lowest BCUT2D eigenvalue weighted by molar-refractivity contribution is -0.121. The Morgan fingerprint density at radius 2 is 1.83 bits per heavy atom. The number of fused-ring (bicyclic) bond motifs is 1. The van der Waals surface area contributed by atoms with Crippen LogP contribution in [0.25, 0.3) is 28.0 Å². The molecule has 10 heteroatoms. The highest BCUT2D eigenvalue weighted by atomic mass is 16.5. The fourth-order valence-electron chi connectivity index (χ4n) is 3.48. The zero-order chi connectivity index (χ0) is 24.6. The number of aliphatic hydroxyl groups excluding tert-OH is 1. The first-order chi connectivity index (χ1) is 17.1. The Morgan fingerprint density at radius 1 is 1.09 bits per heavy atom. The molecule has 0 spiro atoms. The van der Waals surface area contributed by atoms with Crippen molar-refractivity contribution in [2.24, 2.45) is 0 Å². The van der Waals surface area contributed by atoms with E-state index in [-0.39, 0.29) is 37.7 Å². The number of benzene rings is 2. The van der Waals surface area contributed by atoms with Gasteiger partial charge in [0.15, 0.2) is 5.65 Å². The molecule has 0 fully saturated rings. The van der Waals surface area contributed by atoms with E-state index in [4.69, 9.17) is 20.7 Å². The van der Waals surface area contributed by atoms with E-state index in [1.165, 1.54) is 6.33 Å². The van der Waals surface area contributed by atoms with Gasteiger partial charge in [0, 0.05) is 18.4 Å². The number of rotatable bonds is 10. The molecule has 4 rings (SSSR count). The number of nitrogen functional groups attached to an aromatic ring is 1. The third kappa shape index (κ3) is 5.50. The first-order valence-electron chi connectivity index (χ1n) is 10.9. The molecule has 0 aliphatic heterocycles. The minimum atomic E-state index is -0.329. The number of carbonyl (C=O) groups is 2. The van der Waals surface area contributed by atoms with Crippen LogP contribution in [0.3, 0.4) is 0 Å². The summed E-state index contributed by atoms with van der Waals surface area (Å²) in [5.41, 5.74) is 8.47. The van der Waals surface area contributed by atoms with Crippen molar-refractivity contribution in [1.82, 2.24) is 25.1 Å². The van der Waals surface area contributed by atoms with E-state index < -0.39 is 0 Å². The number of carbonyl (C=O) groups excluding carboxylic acids is 2. The van der Waals surface area contributed by atoms with Gasteiger partial charge in [-0.3, -0.25) is 4.79 Å². The Labute approximate surface area is 201 Å². The lowest BCUT2D eigenvalue weighted by atomic mass is 10.1. The summed E-state index contributed by atoms with van der Waals surface area (Å²) in [6, 6.07) is 16.8. The fraction of sp³-hybridized carbons (Fsp3) is 0.160. The number of aromatic nitrogens is 4. The summed E-state index contributed by atoms with van der Waals surface area (Å²) < 4.78 is 7.41. The molecule has 0 atom stereocenters. The van der Waals surface area contributed by atoms with E-state index in [0.717, 1.165) is 17.6 Å². The van der Waals surface area contributed by atoms with Crippen LogP contribution in [0.5, 0.6) is 11.5 Å². The SMILES string of the molecule is Nc1ncnc2c1c(-c1ccc(Oc3ccccc3)cc1)nn2/C(=C\CC=O)CNC(=O)CCO. The molecule has 0 saturated heterocycles. The van der Waals surface area contributed by atoms with Crippen LogP contribution < -0.4 is 15.8 Å². The predicted molar refractivity (Wildman–Crippen MR) is 131 cm³/mol. The van der Waals surface area contributed by atoms with Gasteiger partial charge in [0.25, 0.3) is 0 Å². The first-order valence-corrected chi connectivity index (χ1v) is 10.9. The average molecular weight is 473 g/mol. The molecule has 2 aromatic carbocycles. The second kappa shape index (κ2) is 11.0. The summed E-state index contributed by atoms with van der Waals surface area (Å²) >= 11 is 0. The maximum Gasteiger partial charge on any atom is 0.222 e. The molecule has 4 N–H and O–H groups in total. The molecular formula is C25H24N6O4. The van der Waals surface area contributed by atoms with Gasteiger partial charge in [0.1, 0.15) is 35.6 Å². The Balaban J connectivity index is 1.71. The number of nitrogens with zero attached hydrogens (tertiary/aromatic N) is 4. The zero-order valence-corrected chi connectivity index (χ0v) is 18.8. The molecule has 10 nitrogen and oxygen atoms in total. The normalized spacial score (nSPS) is 11.4. The van der Waals surface area contributed by atoms with Crippen LogP contribution in [0, 0.1) is 0 Å². The van der Waals surface area contributed by atoms with E-state index in [1.54, 1.807) is 10.8 Å². The van der Waals surface area contributed by atoms with Gasteiger partial charge in [-0.05, 0) is 36.4 Å². The summed E-state index contributed by atoms with van der Waals surface area (Å²) in [6.45, 7) is -0.182. The second-order valence-corrected chi connectivity index (χ2v) is 7.51. The highest BCUT2D eigenvalue weighted by Gasteiger charge is 2.19. The standard InChI is InChI=1S/C25H24N6O4/c26-24-22-23(17-8-10-20(11-9-17)35-19-6-2-1-3-7-19)30-31(25(22)29-16-28-24)18(5-4-13-32)15-27-21(34)12-14-33/h1-3,5-11,13,16,33H,4,12,14-15H2,(H,27,34)(H2,26,28,29)/b18-5-. The minimum absolute atomic E-state index is 0.0292. The molecule has 0 saturated carbocycles. The van der Waals surface area contributed by atoms with Gasteiger partial charge in [-0.15, -0.1) is 0 Å². The van der Waals surface area contributed by atoms with Crippen LogP contribution in [0.4, 0.5) is 5.82 Å². The molecule has 35 heavy (non-hydrogen) atoms. The molecule has 0 aliphatic rings. The number of ether oxygens (including phenoxy) is 1. The van der Waals surface area contributed by atoms with Gasteiger partial charge in [-0.2, -0.15) is 5.10 Å². The number of aliphatic hydroxyl groups is 1. The van der Waals surface area contributed by atoms with Gasteiger partial charge in [0.05, 0.1) is 24.2 Å². The Morgan fingerprint density at radius 3 is 2.54 bits per heavy atom. The van der Waals surface area contributed by atoms with Crippen molar-refractivity contribution in [3.05, 3.63) is 67.0 Å². The summed E-state index contributed by atoms with van der Waals surface area (Å²) in [5.74, 6) is 1.30. The third-order valence-electron chi connectivity index (χ3n) is 5.13. The van der Waals surface area contributed by atoms with Crippen molar-refractivity contribution < 1.29 is 19.4 Å². The maximum absolute atomic E-state index is 11.9. The molecular weight excluding hydrogens is 448 g/mol. The van der Waals surface area contributed by atoms with Crippen LogP contribution in [-0.4, -0.2) is 50.2 Å². The number of allylic oxidation sites excluding steroid dienone is 1. The van der Waals surface area contributed by atoms with Gasteiger partial charge in [-0.1, -0.05) is 24.3 Å². The predicted octanol–water partition coefficient (Wildman–Crippen LogP) is 2.80. The molecule has 178 valence electrons. The molecule has 1 amide bonds. The van der Waals surface area contributed by atoms with Crippen molar-refractivity contribution in [3.63, 3.8) is 0 Å². The topological polar surface area (TPSA) is 145 Å². The van der Waals surface area contributed by atoms with Crippen molar-refractivity contribution in [2.45, 2.75) is 12.8 Å². The molecule has 0 aliphatic carbocycles. The van der Waals surface area contributed by atoms with E-state index in [2.05, 4.69) is 15.3 Å². The molecule has 2 aromatic heterocycles. The van der Waals surface area contributed by atoms with Crippen molar-refractivity contribution in [1.29, 1.82) is 0 Å². The van der Waals surface area contributed by atoms with Crippen molar-refractivity contribution in [2.75, 3.05) is 18.9 Å². The molecule has 0 bridgehead atoms. The third-order valence-corrected chi connectivity index (χ3v) is 5.13. The lowest BCUT2D eigenvalue weighted by Gasteiger charge is -2.10. The minimum Gasteiger partial charge on any atom is -0.457 e. The van der Waals surface area contributed by atoms with Crippen molar-refractivity contribution >= 4 is 34.7 Å². The summed E-state index contributed by atoms with van der Waals surface area (Å²) in [6.07, 6.45) is 3.82. The largest absolute Gasteiger partial charge is 0.457 e. The second-order valence-electron chi connectivity index (χ2n) is 7.51. The fourth-order valence-corrected chi connectivity index (χ4v) is 3.48. The lowest BCUT2D eigenvalue weighted by Crippen LogP contribution is -2.27. The van der Waals surface area contributed by atoms with Crippen LogP contribution in [-0.2, 0) is 9.59 Å². The number of nitrogens with one attached hydrogen (secondary N) is 1. The van der Waals surface area contributed by atoms with Crippen LogP contribution >= 0.6 is 0 Å². The maximum atomic E-state index is 11.9. The van der Waals surface area contributed by atoms with Crippen LogP contribution in [0.2, 0.25) is 0 Å². The number of aldehydes is 1. The Bertz CT molecular complexity index is 1350. The van der Waals surface area contributed by atoms with Gasteiger partial charge in [-0.25, -0.2) is 14.6 Å². The highest BCUT2D eigenvalue weighted by Crippen LogP contribution is 2.33. The number of amides is 1. The van der Waals surface area contributed by atoms with E-state index in [1.807, 2.05) is 54.6 Å². The Hall–Kier alpha value is -4.57. The number of hydrogen-bond acceptors (Lipinski definition) is 8. The summed E-state index contributed by atoms with van der Waals surface area (Å²) in [7, 11) is 0. The van der Waals surface area contributed by atoms with Crippen molar-refractivity contribution in [3.8, 4) is 22.8 Å². The first kappa shape index (κ1) is 23.6. The number of nitrogens with two attached hydrogens (primary N) is 1. The van der Waals surface area contributed by atoms with E-state index >= 15 is 0 Å². The van der Waals surface area contributed by atoms with E-state index in [0.29, 0.717) is 28.2 Å². The van der Waals surface area contributed by atoms with Crippen LogP contribution in [0.15, 0.2) is 67.0 Å². The van der Waals surface area contributed by atoms with Crippen LogP contribution in [0.1, 0.15) is 12.8 Å². The molecule has 0 unspecified atom stereocenters. The summed E-state index contributed by atoms with van der Waals surface area (Å²) in [4.78, 5) is 31.4. The number of para-hydroxylation sites is 1. The molecule has 0 radical (unpaired) electrons.